The van der Waals surface area contributed by atoms with Crippen molar-refractivity contribution in [1.82, 2.24) is 25.8 Å². The van der Waals surface area contributed by atoms with Crippen molar-refractivity contribution >= 4 is 46.2 Å². The van der Waals surface area contributed by atoms with Gasteiger partial charge in [-0.2, -0.15) is 5.10 Å². The maximum Gasteiger partial charge on any atom is 0.253 e. The summed E-state index contributed by atoms with van der Waals surface area (Å²) in [6, 6.07) is 18.7. The molecule has 0 saturated carbocycles. The van der Waals surface area contributed by atoms with Crippen LogP contribution in [0.15, 0.2) is 66.9 Å². The Morgan fingerprint density at radius 2 is 1.88 bits per heavy atom. The van der Waals surface area contributed by atoms with Crippen LogP contribution < -0.4 is 16.0 Å². The molecule has 8 nitrogen and oxygen atoms in total. The molecule has 0 fully saturated rings. The lowest BCUT2D eigenvalue weighted by molar-refractivity contribution is -0.119. The minimum absolute atomic E-state index is 0.0848. The Bertz CT molecular complexity index is 1280. The third kappa shape index (κ3) is 4.81. The quantitative estimate of drug-likeness (QED) is 0.362. The second-order valence-electron chi connectivity index (χ2n) is 6.98. The summed E-state index contributed by atoms with van der Waals surface area (Å²) < 4.78 is 0. The zero-order chi connectivity index (χ0) is 22.3. The number of carbonyl (C=O) groups is 2. The van der Waals surface area contributed by atoms with Gasteiger partial charge in [-0.25, -0.2) is 0 Å². The molecule has 2 heterocycles. The van der Waals surface area contributed by atoms with Gasteiger partial charge in [-0.15, -0.1) is 0 Å². The van der Waals surface area contributed by atoms with Gasteiger partial charge in [-0.3, -0.25) is 19.7 Å². The highest BCUT2D eigenvalue weighted by Gasteiger charge is 2.12. The van der Waals surface area contributed by atoms with Gasteiger partial charge in [0.05, 0.1) is 34.7 Å². The van der Waals surface area contributed by atoms with Gasteiger partial charge in [0.15, 0.2) is 0 Å². The number of fused-ring (bicyclic) bond motifs is 1. The number of aromatic amines is 1. The molecule has 4 rings (SSSR count). The van der Waals surface area contributed by atoms with Gasteiger partial charge in [-0.05, 0) is 54.6 Å². The van der Waals surface area contributed by atoms with E-state index in [0.717, 1.165) is 28.0 Å². The van der Waals surface area contributed by atoms with Crippen LogP contribution in [0.3, 0.4) is 0 Å². The lowest BCUT2D eigenvalue weighted by Crippen LogP contribution is -2.35. The predicted molar refractivity (Wildman–Crippen MR) is 125 cm³/mol. The molecule has 2 aromatic heterocycles. The molecule has 0 aliphatic carbocycles. The van der Waals surface area contributed by atoms with E-state index >= 15 is 0 Å². The van der Waals surface area contributed by atoms with Crippen LogP contribution in [0.2, 0.25) is 0 Å². The first-order chi connectivity index (χ1) is 15.6. The van der Waals surface area contributed by atoms with Crippen LogP contribution in [0.25, 0.3) is 23.1 Å². The molecule has 0 radical (unpaired) electrons. The Morgan fingerprint density at radius 1 is 1.03 bits per heavy atom. The Hall–Kier alpha value is -4.46. The molecule has 4 N–H and O–H groups in total. The first-order valence-corrected chi connectivity index (χ1v) is 10.1. The van der Waals surface area contributed by atoms with Crippen molar-refractivity contribution in [2.24, 2.45) is 0 Å². The molecule has 32 heavy (non-hydrogen) atoms. The molecule has 8 heteroatoms. The number of nitrogens with one attached hydrogen (secondary N) is 4. The number of pyridine rings is 1. The number of amides is 2. The van der Waals surface area contributed by atoms with E-state index in [1.54, 1.807) is 18.3 Å². The number of anilines is 2. The van der Waals surface area contributed by atoms with Gasteiger partial charge >= 0.3 is 0 Å². The van der Waals surface area contributed by atoms with Gasteiger partial charge in [0, 0.05) is 24.3 Å². The van der Waals surface area contributed by atoms with E-state index in [1.807, 2.05) is 60.7 Å². The van der Waals surface area contributed by atoms with E-state index in [-0.39, 0.29) is 18.4 Å². The highest BCUT2D eigenvalue weighted by molar-refractivity contribution is 6.02. The number of likely N-dealkylation sites (N-methyl/N-ethyl adjacent to an activating group) is 1. The second-order valence-corrected chi connectivity index (χ2v) is 6.98. The maximum atomic E-state index is 12.5. The van der Waals surface area contributed by atoms with Crippen LogP contribution in [-0.2, 0) is 4.79 Å². The number of benzene rings is 2. The largest absolute Gasteiger partial charge is 0.358 e. The van der Waals surface area contributed by atoms with Crippen molar-refractivity contribution in [2.75, 3.05) is 18.9 Å². The standard InChI is InChI=1S/C24H22N6O2/c1-25-23(31)15-27-24(32)19-7-2-3-8-20(19)28-17-9-11-18-21(29-30-22(18)14-17)12-10-16-6-4-5-13-26-16/h2-14,28H,15H2,1H3,(H,25,31)(H,27,32)(H,29,30)/b12-10+. The summed E-state index contributed by atoms with van der Waals surface area (Å²) in [7, 11) is 1.52. The van der Waals surface area contributed by atoms with Crippen molar-refractivity contribution < 1.29 is 9.59 Å². The van der Waals surface area contributed by atoms with Crippen molar-refractivity contribution in [3.8, 4) is 0 Å². The highest BCUT2D eigenvalue weighted by atomic mass is 16.2. The molecule has 0 aliphatic rings. The summed E-state index contributed by atoms with van der Waals surface area (Å²) in [6.45, 7) is -0.0848. The average Bonchev–Trinajstić information content (AvgIpc) is 3.24. The summed E-state index contributed by atoms with van der Waals surface area (Å²) >= 11 is 0. The predicted octanol–water partition coefficient (Wildman–Crippen LogP) is 3.35. The van der Waals surface area contributed by atoms with Crippen LogP contribution in [0.1, 0.15) is 21.7 Å². The van der Waals surface area contributed by atoms with Crippen molar-refractivity contribution in [3.63, 3.8) is 0 Å². The minimum atomic E-state index is -0.332. The second kappa shape index (κ2) is 9.57. The Kier molecular flexibility index (Phi) is 6.22. The van der Waals surface area contributed by atoms with Crippen LogP contribution in [0.5, 0.6) is 0 Å². The lowest BCUT2D eigenvalue weighted by atomic mass is 10.1. The summed E-state index contributed by atoms with van der Waals surface area (Å²) in [5, 5.41) is 16.8. The molecule has 4 aromatic rings. The fraction of sp³-hybridized carbons (Fsp3) is 0.0833. The van der Waals surface area contributed by atoms with E-state index in [4.69, 9.17) is 0 Å². The SMILES string of the molecule is CNC(=O)CNC(=O)c1ccccc1Nc1ccc2c(/C=C/c3ccccn3)n[nH]c2c1. The zero-order valence-corrected chi connectivity index (χ0v) is 17.4. The molecule has 160 valence electrons. The third-order valence-corrected chi connectivity index (χ3v) is 4.83. The van der Waals surface area contributed by atoms with Gasteiger partial charge < -0.3 is 16.0 Å². The average molecular weight is 426 g/mol. The third-order valence-electron chi connectivity index (χ3n) is 4.83. The summed E-state index contributed by atoms with van der Waals surface area (Å²) in [5.41, 5.74) is 4.40. The van der Waals surface area contributed by atoms with Crippen molar-refractivity contribution in [3.05, 3.63) is 83.8 Å². The molecule has 0 aliphatic heterocycles. The van der Waals surface area contributed by atoms with Crippen molar-refractivity contribution in [1.29, 1.82) is 0 Å². The van der Waals surface area contributed by atoms with Crippen molar-refractivity contribution in [2.45, 2.75) is 0 Å². The zero-order valence-electron chi connectivity index (χ0n) is 17.4. The van der Waals surface area contributed by atoms with E-state index in [2.05, 4.69) is 31.1 Å². The Morgan fingerprint density at radius 3 is 2.69 bits per heavy atom. The number of para-hydroxylation sites is 1. The van der Waals surface area contributed by atoms with E-state index < -0.39 is 0 Å². The number of H-pyrrole nitrogens is 1. The summed E-state index contributed by atoms with van der Waals surface area (Å²) in [6.07, 6.45) is 5.58. The fourth-order valence-corrected chi connectivity index (χ4v) is 3.17. The van der Waals surface area contributed by atoms with Crippen LogP contribution in [0.4, 0.5) is 11.4 Å². The van der Waals surface area contributed by atoms with Gasteiger partial charge in [0.25, 0.3) is 5.91 Å². The Labute approximate surface area is 184 Å². The van der Waals surface area contributed by atoms with Gasteiger partial charge in [0.2, 0.25) is 5.91 Å². The van der Waals surface area contributed by atoms with Gasteiger partial charge in [-0.1, -0.05) is 18.2 Å². The van der Waals surface area contributed by atoms with Crippen LogP contribution >= 0.6 is 0 Å². The topological polar surface area (TPSA) is 112 Å². The molecule has 0 bridgehead atoms. The number of rotatable bonds is 7. The van der Waals surface area contributed by atoms with E-state index in [9.17, 15) is 9.59 Å². The molecule has 2 aromatic carbocycles. The number of hydrogen-bond donors (Lipinski definition) is 4. The monoisotopic (exact) mass is 426 g/mol. The molecular weight excluding hydrogens is 404 g/mol. The number of aromatic nitrogens is 3. The Balaban J connectivity index is 1.53. The summed E-state index contributed by atoms with van der Waals surface area (Å²) in [5.74, 6) is -0.595. The molecule has 2 amide bonds. The van der Waals surface area contributed by atoms with E-state index in [0.29, 0.717) is 11.3 Å². The first kappa shape index (κ1) is 20.8. The molecular formula is C24H22N6O2. The fourth-order valence-electron chi connectivity index (χ4n) is 3.17. The maximum absolute atomic E-state index is 12.5. The van der Waals surface area contributed by atoms with Gasteiger partial charge in [0.1, 0.15) is 0 Å². The van der Waals surface area contributed by atoms with E-state index in [1.165, 1.54) is 7.05 Å². The first-order valence-electron chi connectivity index (χ1n) is 10.1. The highest BCUT2D eigenvalue weighted by Crippen LogP contribution is 2.26. The minimum Gasteiger partial charge on any atom is -0.358 e. The normalized spacial score (nSPS) is 10.9. The van der Waals surface area contributed by atoms with Crippen LogP contribution in [-0.4, -0.2) is 40.6 Å². The number of carbonyl (C=O) groups excluding carboxylic acids is 2. The lowest BCUT2D eigenvalue weighted by Gasteiger charge is -2.12. The summed E-state index contributed by atoms with van der Waals surface area (Å²) in [4.78, 5) is 28.2. The van der Waals surface area contributed by atoms with Crippen LogP contribution in [0, 0.1) is 0 Å². The number of nitrogens with zero attached hydrogens (tertiary/aromatic N) is 2. The molecule has 0 spiro atoms. The molecule has 0 unspecified atom stereocenters. The number of hydrogen-bond acceptors (Lipinski definition) is 5. The molecule has 0 saturated heterocycles. The smallest absolute Gasteiger partial charge is 0.253 e. The molecule has 0 atom stereocenters.